The number of carbonyl (C=O) groups excluding carboxylic acids is 1. The van der Waals surface area contributed by atoms with Crippen molar-refractivity contribution in [1.82, 2.24) is 0 Å². The molecule has 4 aliphatic carbocycles. The normalized spacial score (nSPS) is 36.8. The Bertz CT molecular complexity index is 539. The molecule has 0 unspecified atom stereocenters. The largest absolute Gasteiger partial charge is 0.377 e. The molecule has 5 rings (SSSR count). The van der Waals surface area contributed by atoms with Gasteiger partial charge in [-0.05, 0) is 68.4 Å². The molecule has 0 N–H and O–H groups in total. The Hall–Kier alpha value is -1.31. The number of hydrogen-bond acceptors (Lipinski definition) is 2. The molecule has 0 atom stereocenters. The Morgan fingerprint density at radius 2 is 1.52 bits per heavy atom. The molecule has 4 saturated carbocycles. The van der Waals surface area contributed by atoms with Crippen LogP contribution in [0.5, 0.6) is 0 Å². The average molecular weight is 283 g/mol. The number of para-hydroxylation sites is 1. The van der Waals surface area contributed by atoms with Crippen molar-refractivity contribution in [3.05, 3.63) is 29.8 Å². The topological polar surface area (TPSA) is 20.3 Å². The lowest BCUT2D eigenvalue weighted by molar-refractivity contribution is -0.0352. The molecule has 0 saturated heterocycles. The highest BCUT2D eigenvalue weighted by Crippen LogP contribution is 2.61. The predicted molar refractivity (Wildman–Crippen MR) is 85.7 cm³/mol. The van der Waals surface area contributed by atoms with E-state index in [1.165, 1.54) is 19.3 Å². The van der Waals surface area contributed by atoms with Gasteiger partial charge >= 0.3 is 0 Å². The van der Waals surface area contributed by atoms with Crippen LogP contribution in [-0.4, -0.2) is 19.9 Å². The minimum absolute atomic E-state index is 0.0269. The third-order valence-electron chi connectivity index (χ3n) is 6.15. The van der Waals surface area contributed by atoms with Crippen LogP contribution in [0.1, 0.15) is 48.9 Å². The SMILES string of the molecule is CN(C)c1ccccc1C(=O)C12CC3CC(CC(C3)C1)C2. The van der Waals surface area contributed by atoms with E-state index in [1.54, 1.807) is 0 Å². The summed E-state index contributed by atoms with van der Waals surface area (Å²) in [4.78, 5) is 15.5. The molecule has 1 aromatic carbocycles. The van der Waals surface area contributed by atoms with Gasteiger partial charge in [-0.25, -0.2) is 0 Å². The van der Waals surface area contributed by atoms with E-state index in [0.717, 1.165) is 48.3 Å². The van der Waals surface area contributed by atoms with E-state index >= 15 is 0 Å². The Morgan fingerprint density at radius 3 is 2.05 bits per heavy atom. The van der Waals surface area contributed by atoms with Crippen LogP contribution in [0.25, 0.3) is 0 Å². The molecular weight excluding hydrogens is 258 g/mol. The van der Waals surface area contributed by atoms with Gasteiger partial charge in [-0.2, -0.15) is 0 Å². The van der Waals surface area contributed by atoms with Crippen molar-refractivity contribution in [3.63, 3.8) is 0 Å². The molecule has 0 amide bonds. The molecule has 2 heteroatoms. The van der Waals surface area contributed by atoms with Crippen molar-refractivity contribution < 1.29 is 4.79 Å². The number of rotatable bonds is 3. The molecule has 0 heterocycles. The smallest absolute Gasteiger partial charge is 0.171 e. The maximum absolute atomic E-state index is 13.4. The highest BCUT2D eigenvalue weighted by atomic mass is 16.1. The first-order valence-corrected chi connectivity index (χ1v) is 8.38. The predicted octanol–water partition coefficient (Wildman–Crippen LogP) is 4.15. The maximum atomic E-state index is 13.4. The first-order chi connectivity index (χ1) is 10.1. The minimum Gasteiger partial charge on any atom is -0.377 e. The highest BCUT2D eigenvalue weighted by molar-refractivity contribution is 6.05. The van der Waals surface area contributed by atoms with E-state index in [9.17, 15) is 4.79 Å². The zero-order chi connectivity index (χ0) is 14.6. The van der Waals surface area contributed by atoms with E-state index < -0.39 is 0 Å². The van der Waals surface area contributed by atoms with Crippen LogP contribution < -0.4 is 4.90 Å². The molecule has 2 nitrogen and oxygen atoms in total. The monoisotopic (exact) mass is 283 g/mol. The van der Waals surface area contributed by atoms with E-state index in [2.05, 4.69) is 11.0 Å². The quantitative estimate of drug-likeness (QED) is 0.777. The fraction of sp³-hybridized carbons (Fsp3) is 0.632. The van der Waals surface area contributed by atoms with Crippen molar-refractivity contribution in [2.45, 2.75) is 38.5 Å². The van der Waals surface area contributed by atoms with E-state index in [4.69, 9.17) is 0 Å². The van der Waals surface area contributed by atoms with Crippen LogP contribution in [0.15, 0.2) is 24.3 Å². The molecule has 4 aliphatic rings. The zero-order valence-corrected chi connectivity index (χ0v) is 13.1. The number of anilines is 1. The Morgan fingerprint density at radius 1 is 1.00 bits per heavy atom. The van der Waals surface area contributed by atoms with Crippen molar-refractivity contribution >= 4 is 11.5 Å². The summed E-state index contributed by atoms with van der Waals surface area (Å²) in [6.45, 7) is 0. The van der Waals surface area contributed by atoms with Crippen molar-refractivity contribution in [1.29, 1.82) is 0 Å². The first kappa shape index (κ1) is 13.4. The number of ketones is 1. The van der Waals surface area contributed by atoms with E-state index in [1.807, 2.05) is 32.3 Å². The van der Waals surface area contributed by atoms with Gasteiger partial charge in [0.05, 0.1) is 0 Å². The van der Waals surface area contributed by atoms with Gasteiger partial charge in [-0.3, -0.25) is 4.79 Å². The summed E-state index contributed by atoms with van der Waals surface area (Å²) in [6.07, 6.45) is 7.63. The number of benzene rings is 1. The van der Waals surface area contributed by atoms with Crippen LogP contribution in [0, 0.1) is 23.2 Å². The van der Waals surface area contributed by atoms with Crippen LogP contribution >= 0.6 is 0 Å². The van der Waals surface area contributed by atoms with E-state index in [0.29, 0.717) is 5.78 Å². The van der Waals surface area contributed by atoms with Gasteiger partial charge in [0.1, 0.15) is 0 Å². The fourth-order valence-corrected chi connectivity index (χ4v) is 5.73. The van der Waals surface area contributed by atoms with Crippen molar-refractivity contribution in [2.24, 2.45) is 23.2 Å². The molecule has 0 spiro atoms. The Kier molecular flexibility index (Phi) is 2.92. The summed E-state index contributed by atoms with van der Waals surface area (Å²) in [6, 6.07) is 8.16. The fourth-order valence-electron chi connectivity index (χ4n) is 5.73. The van der Waals surface area contributed by atoms with Crippen LogP contribution in [0.3, 0.4) is 0 Å². The van der Waals surface area contributed by atoms with Gasteiger partial charge in [-0.15, -0.1) is 0 Å². The molecule has 0 aromatic heterocycles. The standard InChI is InChI=1S/C19H25NO/c1-20(2)17-6-4-3-5-16(17)18(21)19-10-13-7-14(11-19)9-15(8-13)12-19/h3-6,13-15H,7-12H2,1-2H3. The van der Waals surface area contributed by atoms with Gasteiger partial charge in [0.2, 0.25) is 0 Å². The van der Waals surface area contributed by atoms with E-state index in [-0.39, 0.29) is 5.41 Å². The lowest BCUT2D eigenvalue weighted by Gasteiger charge is -2.56. The molecule has 21 heavy (non-hydrogen) atoms. The number of hydrogen-bond donors (Lipinski definition) is 0. The molecule has 1 aromatic rings. The van der Waals surface area contributed by atoms with Gasteiger partial charge in [0.15, 0.2) is 5.78 Å². The second-order valence-electron chi connectivity index (χ2n) is 7.94. The zero-order valence-electron chi connectivity index (χ0n) is 13.1. The Labute approximate surface area is 127 Å². The van der Waals surface area contributed by atoms with Gasteiger partial charge in [0.25, 0.3) is 0 Å². The van der Waals surface area contributed by atoms with Gasteiger partial charge in [-0.1, -0.05) is 12.1 Å². The van der Waals surface area contributed by atoms with Crippen LogP contribution in [0.2, 0.25) is 0 Å². The summed E-state index contributed by atoms with van der Waals surface area (Å²) in [5.74, 6) is 2.91. The molecule has 112 valence electrons. The van der Waals surface area contributed by atoms with Crippen molar-refractivity contribution in [2.75, 3.05) is 19.0 Å². The molecule has 0 radical (unpaired) electrons. The molecular formula is C19H25NO. The lowest BCUT2D eigenvalue weighted by Crippen LogP contribution is -2.50. The summed E-state index contributed by atoms with van der Waals surface area (Å²) in [7, 11) is 4.07. The van der Waals surface area contributed by atoms with Gasteiger partial charge in [0, 0.05) is 30.8 Å². The third kappa shape index (κ3) is 2.03. The highest BCUT2D eigenvalue weighted by Gasteiger charge is 2.54. The summed E-state index contributed by atoms with van der Waals surface area (Å²) < 4.78 is 0. The second-order valence-corrected chi connectivity index (χ2v) is 7.94. The first-order valence-electron chi connectivity index (χ1n) is 8.38. The van der Waals surface area contributed by atoms with Gasteiger partial charge < -0.3 is 4.90 Å². The minimum atomic E-state index is -0.0269. The number of carbonyl (C=O) groups is 1. The number of nitrogens with zero attached hydrogens (tertiary/aromatic N) is 1. The summed E-state index contributed by atoms with van der Waals surface area (Å²) >= 11 is 0. The molecule has 4 bridgehead atoms. The molecule has 4 fully saturated rings. The van der Waals surface area contributed by atoms with Crippen LogP contribution in [0.4, 0.5) is 5.69 Å². The average Bonchev–Trinajstić information content (AvgIpc) is 2.45. The Balaban J connectivity index is 1.72. The third-order valence-corrected chi connectivity index (χ3v) is 6.15. The number of Topliss-reactive ketones (excluding diaryl/α,β-unsaturated/α-hetero) is 1. The summed E-state index contributed by atoms with van der Waals surface area (Å²) in [5.41, 5.74) is 2.00. The second kappa shape index (κ2) is 4.59. The summed E-state index contributed by atoms with van der Waals surface area (Å²) in [5, 5.41) is 0. The van der Waals surface area contributed by atoms with Crippen LogP contribution in [-0.2, 0) is 0 Å². The van der Waals surface area contributed by atoms with Crippen molar-refractivity contribution in [3.8, 4) is 0 Å². The molecule has 0 aliphatic heterocycles. The lowest BCUT2D eigenvalue weighted by atomic mass is 9.48. The maximum Gasteiger partial charge on any atom is 0.171 e.